The Bertz CT molecular complexity index is 1390. The molecule has 0 bridgehead atoms. The zero-order chi connectivity index (χ0) is 24.1. The number of aromatic nitrogens is 2. The van der Waals surface area contributed by atoms with Crippen LogP contribution in [0.1, 0.15) is 17.4 Å². The van der Waals surface area contributed by atoms with Gasteiger partial charge in [-0.3, -0.25) is 9.82 Å². The van der Waals surface area contributed by atoms with Crippen LogP contribution < -0.4 is 14.8 Å². The molecular formula is C24H26N4O5S. The molecule has 0 amide bonds. The number of benzene rings is 3. The molecule has 0 aliphatic heterocycles. The molecule has 0 spiro atoms. The number of hydrogen-bond donors (Lipinski definition) is 5. The molecule has 1 aromatic heterocycles. The van der Waals surface area contributed by atoms with E-state index in [1.54, 1.807) is 30.3 Å². The van der Waals surface area contributed by atoms with Crippen LogP contribution in [0.25, 0.3) is 10.9 Å². The van der Waals surface area contributed by atoms with E-state index in [0.717, 1.165) is 16.6 Å². The summed E-state index contributed by atoms with van der Waals surface area (Å²) in [4.78, 5) is -0.218. The summed E-state index contributed by atoms with van der Waals surface area (Å²) in [5.41, 5.74) is 2.68. The van der Waals surface area contributed by atoms with Gasteiger partial charge in [0.05, 0.1) is 11.6 Å². The van der Waals surface area contributed by atoms with Gasteiger partial charge in [-0.1, -0.05) is 24.3 Å². The van der Waals surface area contributed by atoms with Crippen LogP contribution in [0.4, 0.5) is 5.69 Å². The summed E-state index contributed by atoms with van der Waals surface area (Å²) < 4.78 is 33.3. The van der Waals surface area contributed by atoms with Gasteiger partial charge in [-0.15, -0.1) is 0 Å². The molecular weight excluding hydrogens is 456 g/mol. The van der Waals surface area contributed by atoms with Crippen molar-refractivity contribution in [2.75, 3.05) is 24.4 Å². The van der Waals surface area contributed by atoms with Crippen LogP contribution in [0.15, 0.2) is 71.6 Å². The predicted octanol–water partition coefficient (Wildman–Crippen LogP) is 3.08. The Labute approximate surface area is 197 Å². The van der Waals surface area contributed by atoms with Gasteiger partial charge >= 0.3 is 0 Å². The minimum Gasteiger partial charge on any atom is -0.507 e. The number of nitrogens with zero attached hydrogens (tertiary/aromatic N) is 1. The molecule has 0 aliphatic rings. The number of nitrogens with one attached hydrogen (secondary N) is 3. The first-order valence-corrected chi connectivity index (χ1v) is 12.2. The Morgan fingerprint density at radius 2 is 1.91 bits per heavy atom. The van der Waals surface area contributed by atoms with Crippen LogP contribution in [-0.4, -0.2) is 48.5 Å². The second-order valence-electron chi connectivity index (χ2n) is 7.79. The Morgan fingerprint density at radius 1 is 1.09 bits per heavy atom. The number of aliphatic hydroxyl groups is 1. The van der Waals surface area contributed by atoms with Crippen molar-refractivity contribution >= 4 is 26.6 Å². The van der Waals surface area contributed by atoms with Crippen LogP contribution in [0.3, 0.4) is 0 Å². The SMILES string of the molecule is Cc1[nH]nc2cc(OCCNCC(O)c3cccc(NS(=O)(=O)c4ccccc4O)c3)ccc12. The Hall–Kier alpha value is -3.60. The van der Waals surface area contributed by atoms with E-state index in [0.29, 0.717) is 24.5 Å². The van der Waals surface area contributed by atoms with Crippen molar-refractivity contribution < 1.29 is 23.4 Å². The molecule has 5 N–H and O–H groups in total. The molecule has 0 aliphatic carbocycles. The molecule has 3 aromatic carbocycles. The van der Waals surface area contributed by atoms with E-state index in [-0.39, 0.29) is 22.9 Å². The Balaban J connectivity index is 1.28. The molecule has 0 saturated heterocycles. The maximum absolute atomic E-state index is 12.6. The highest BCUT2D eigenvalue weighted by molar-refractivity contribution is 7.92. The molecule has 1 unspecified atom stereocenters. The number of ether oxygens (including phenoxy) is 1. The fourth-order valence-corrected chi connectivity index (χ4v) is 4.67. The van der Waals surface area contributed by atoms with Gasteiger partial charge in [-0.05, 0) is 48.9 Å². The molecule has 1 heterocycles. The van der Waals surface area contributed by atoms with Crippen molar-refractivity contribution in [2.45, 2.75) is 17.9 Å². The summed E-state index contributed by atoms with van der Waals surface area (Å²) in [6, 6.07) is 17.9. The first kappa shape index (κ1) is 23.6. The van der Waals surface area contributed by atoms with Gasteiger partial charge in [0, 0.05) is 35.9 Å². The third-order valence-corrected chi connectivity index (χ3v) is 6.71. The van der Waals surface area contributed by atoms with Gasteiger partial charge in [0.1, 0.15) is 23.0 Å². The largest absolute Gasteiger partial charge is 0.507 e. The molecule has 4 rings (SSSR count). The molecule has 10 heteroatoms. The second kappa shape index (κ2) is 10.1. The fourth-order valence-electron chi connectivity index (χ4n) is 3.52. The van der Waals surface area contributed by atoms with Crippen LogP contribution in [0, 0.1) is 6.92 Å². The second-order valence-corrected chi connectivity index (χ2v) is 9.45. The molecule has 9 nitrogen and oxygen atoms in total. The lowest BCUT2D eigenvalue weighted by atomic mass is 10.1. The van der Waals surface area contributed by atoms with Crippen molar-refractivity contribution in [3.8, 4) is 11.5 Å². The lowest BCUT2D eigenvalue weighted by molar-refractivity contribution is 0.172. The molecule has 0 saturated carbocycles. The quantitative estimate of drug-likeness (QED) is 0.219. The van der Waals surface area contributed by atoms with E-state index in [1.807, 2.05) is 25.1 Å². The number of hydrogen-bond acceptors (Lipinski definition) is 7. The molecule has 0 radical (unpaired) electrons. The number of phenolic OH excluding ortho intramolecular Hbond substituents is 1. The van der Waals surface area contributed by atoms with E-state index in [4.69, 9.17) is 4.74 Å². The highest BCUT2D eigenvalue weighted by Gasteiger charge is 2.18. The van der Waals surface area contributed by atoms with Crippen LogP contribution in [0.2, 0.25) is 0 Å². The van der Waals surface area contributed by atoms with Crippen molar-refractivity contribution in [3.05, 3.63) is 78.0 Å². The minimum absolute atomic E-state index is 0.218. The number of anilines is 1. The average Bonchev–Trinajstić information content (AvgIpc) is 3.19. The maximum Gasteiger partial charge on any atom is 0.265 e. The topological polar surface area (TPSA) is 137 Å². The lowest BCUT2D eigenvalue weighted by Crippen LogP contribution is -2.26. The van der Waals surface area contributed by atoms with E-state index >= 15 is 0 Å². The van der Waals surface area contributed by atoms with Crippen molar-refractivity contribution in [2.24, 2.45) is 0 Å². The predicted molar refractivity (Wildman–Crippen MR) is 130 cm³/mol. The first-order valence-electron chi connectivity index (χ1n) is 10.7. The van der Waals surface area contributed by atoms with E-state index in [1.165, 1.54) is 18.2 Å². The summed E-state index contributed by atoms with van der Waals surface area (Å²) >= 11 is 0. The van der Waals surface area contributed by atoms with Gasteiger partial charge in [0.25, 0.3) is 10.0 Å². The third-order valence-electron chi connectivity index (χ3n) is 5.28. The van der Waals surface area contributed by atoms with E-state index < -0.39 is 16.1 Å². The van der Waals surface area contributed by atoms with Crippen LogP contribution in [-0.2, 0) is 10.0 Å². The average molecular weight is 483 g/mol. The number of para-hydroxylation sites is 1. The number of phenols is 1. The molecule has 1 atom stereocenters. The molecule has 178 valence electrons. The maximum atomic E-state index is 12.6. The van der Waals surface area contributed by atoms with E-state index in [9.17, 15) is 18.6 Å². The number of rotatable bonds is 10. The highest BCUT2D eigenvalue weighted by Crippen LogP contribution is 2.25. The summed E-state index contributed by atoms with van der Waals surface area (Å²) in [6.07, 6.45) is -0.849. The van der Waals surface area contributed by atoms with Crippen molar-refractivity contribution in [3.63, 3.8) is 0 Å². The Kier molecular flexibility index (Phi) is 7.01. The standard InChI is InChI=1S/C24H26N4O5S/c1-16-20-10-9-19(14-21(20)27-26-16)33-12-11-25-15-23(30)17-5-4-6-18(13-17)28-34(31,32)24-8-3-2-7-22(24)29/h2-10,13-14,23,25,28-30H,11-12,15H2,1H3,(H,26,27). The summed E-state index contributed by atoms with van der Waals surface area (Å²) in [6.45, 7) is 3.14. The lowest BCUT2D eigenvalue weighted by Gasteiger charge is -2.15. The fraction of sp³-hybridized carbons (Fsp3) is 0.208. The Morgan fingerprint density at radius 3 is 2.74 bits per heavy atom. The van der Waals surface area contributed by atoms with Crippen molar-refractivity contribution in [1.82, 2.24) is 15.5 Å². The zero-order valence-corrected chi connectivity index (χ0v) is 19.3. The van der Waals surface area contributed by atoms with Gasteiger partial charge in [-0.2, -0.15) is 5.10 Å². The number of aryl methyl sites for hydroxylation is 1. The normalized spacial score (nSPS) is 12.5. The number of aliphatic hydroxyl groups excluding tert-OH is 1. The number of aromatic amines is 1. The summed E-state index contributed by atoms with van der Waals surface area (Å²) in [5, 5.41) is 31.7. The minimum atomic E-state index is -3.97. The highest BCUT2D eigenvalue weighted by atomic mass is 32.2. The first-order chi connectivity index (χ1) is 16.3. The van der Waals surface area contributed by atoms with Gasteiger partial charge in [0.15, 0.2) is 0 Å². The number of sulfonamides is 1. The molecule has 0 fully saturated rings. The third kappa shape index (κ3) is 5.48. The smallest absolute Gasteiger partial charge is 0.265 e. The van der Waals surface area contributed by atoms with E-state index in [2.05, 4.69) is 20.2 Å². The van der Waals surface area contributed by atoms with Crippen molar-refractivity contribution in [1.29, 1.82) is 0 Å². The van der Waals surface area contributed by atoms with Gasteiger partial charge in [-0.25, -0.2) is 8.42 Å². The summed E-state index contributed by atoms with van der Waals surface area (Å²) in [5.74, 6) is 0.378. The van der Waals surface area contributed by atoms with Gasteiger partial charge in [0.2, 0.25) is 0 Å². The molecule has 34 heavy (non-hydrogen) atoms. The van der Waals surface area contributed by atoms with Gasteiger partial charge < -0.3 is 20.3 Å². The molecule has 4 aromatic rings. The monoisotopic (exact) mass is 482 g/mol. The van der Waals surface area contributed by atoms with Crippen LogP contribution >= 0.6 is 0 Å². The van der Waals surface area contributed by atoms with Crippen LogP contribution in [0.5, 0.6) is 11.5 Å². The number of H-pyrrole nitrogens is 1. The number of aromatic hydroxyl groups is 1. The number of fused-ring (bicyclic) bond motifs is 1. The zero-order valence-electron chi connectivity index (χ0n) is 18.5. The summed E-state index contributed by atoms with van der Waals surface area (Å²) in [7, 11) is -3.97.